The predicted molar refractivity (Wildman–Crippen MR) is 101 cm³/mol. The van der Waals surface area contributed by atoms with E-state index in [4.69, 9.17) is 4.42 Å². The molecule has 0 aliphatic rings. The van der Waals surface area contributed by atoms with Crippen molar-refractivity contribution in [1.29, 1.82) is 0 Å². The summed E-state index contributed by atoms with van der Waals surface area (Å²) in [7, 11) is 1.57. The molecule has 5 nitrogen and oxygen atoms in total. The van der Waals surface area contributed by atoms with Crippen molar-refractivity contribution in [3.8, 4) is 11.3 Å². The summed E-state index contributed by atoms with van der Waals surface area (Å²) in [5, 5.41) is 5.37. The molecule has 2 aromatic carbocycles. The molecule has 2 N–H and O–H groups in total. The molecule has 132 valence electrons. The third-order valence-corrected chi connectivity index (χ3v) is 3.95. The number of hydrogen-bond acceptors (Lipinski definition) is 3. The number of carbonyl (C=O) groups is 2. The Balaban J connectivity index is 1.56. The second-order valence-electron chi connectivity index (χ2n) is 5.84. The lowest BCUT2D eigenvalue weighted by Crippen LogP contribution is -2.18. The smallest absolute Gasteiger partial charge is 0.251 e. The fourth-order valence-electron chi connectivity index (χ4n) is 2.61. The first-order valence-corrected chi connectivity index (χ1v) is 8.42. The van der Waals surface area contributed by atoms with E-state index in [9.17, 15) is 9.59 Å². The van der Waals surface area contributed by atoms with Crippen molar-refractivity contribution in [2.45, 2.75) is 12.8 Å². The Labute approximate surface area is 152 Å². The van der Waals surface area contributed by atoms with Gasteiger partial charge < -0.3 is 15.1 Å². The Bertz CT molecular complexity index is 900. The van der Waals surface area contributed by atoms with Crippen LogP contribution in [0.2, 0.25) is 0 Å². The van der Waals surface area contributed by atoms with E-state index in [0.29, 0.717) is 24.1 Å². The minimum Gasteiger partial charge on any atom is -0.461 e. The van der Waals surface area contributed by atoms with Crippen LogP contribution in [0.3, 0.4) is 0 Å². The third-order valence-electron chi connectivity index (χ3n) is 3.95. The molecule has 0 radical (unpaired) electrons. The molecule has 0 atom stereocenters. The summed E-state index contributed by atoms with van der Waals surface area (Å²) in [5.41, 5.74) is 2.11. The summed E-state index contributed by atoms with van der Waals surface area (Å²) >= 11 is 0. The van der Waals surface area contributed by atoms with Crippen LogP contribution >= 0.6 is 0 Å². The topological polar surface area (TPSA) is 71.3 Å². The van der Waals surface area contributed by atoms with Crippen LogP contribution in [0, 0.1) is 0 Å². The average Bonchev–Trinajstić information content (AvgIpc) is 3.16. The standard InChI is InChI=1S/C21H20N2O3/c1-22-21(25)16-8-5-9-17(14-16)23-20(24)13-11-18-10-12-19(26-18)15-6-3-2-4-7-15/h2-10,12,14H,11,13H2,1H3,(H,22,25)(H,23,24). The minimum absolute atomic E-state index is 0.128. The molecule has 26 heavy (non-hydrogen) atoms. The highest BCUT2D eigenvalue weighted by Crippen LogP contribution is 2.22. The first kappa shape index (κ1) is 17.5. The fourth-order valence-corrected chi connectivity index (χ4v) is 2.61. The van der Waals surface area contributed by atoms with Crippen LogP contribution in [-0.4, -0.2) is 18.9 Å². The van der Waals surface area contributed by atoms with Gasteiger partial charge in [-0.3, -0.25) is 9.59 Å². The van der Waals surface area contributed by atoms with E-state index >= 15 is 0 Å². The molecule has 1 heterocycles. The molecule has 3 rings (SSSR count). The number of furan rings is 1. The van der Waals surface area contributed by atoms with E-state index < -0.39 is 0 Å². The molecule has 1 aromatic heterocycles. The zero-order valence-corrected chi connectivity index (χ0v) is 14.5. The molecule has 3 aromatic rings. The van der Waals surface area contributed by atoms with Gasteiger partial charge in [0.05, 0.1) is 0 Å². The number of carbonyl (C=O) groups excluding carboxylic acids is 2. The van der Waals surface area contributed by atoms with Gasteiger partial charge in [0.1, 0.15) is 11.5 Å². The van der Waals surface area contributed by atoms with E-state index in [-0.39, 0.29) is 11.8 Å². The normalized spacial score (nSPS) is 10.3. The Morgan fingerprint density at radius 3 is 2.54 bits per heavy atom. The van der Waals surface area contributed by atoms with Crippen molar-refractivity contribution in [2.75, 3.05) is 12.4 Å². The zero-order valence-electron chi connectivity index (χ0n) is 14.5. The summed E-state index contributed by atoms with van der Waals surface area (Å²) in [6.45, 7) is 0. The molecular weight excluding hydrogens is 328 g/mol. The number of aryl methyl sites for hydroxylation is 1. The predicted octanol–water partition coefficient (Wildman–Crippen LogP) is 3.88. The van der Waals surface area contributed by atoms with Gasteiger partial charge in [-0.1, -0.05) is 36.4 Å². The lowest BCUT2D eigenvalue weighted by molar-refractivity contribution is -0.116. The summed E-state index contributed by atoms with van der Waals surface area (Å²) < 4.78 is 5.80. The van der Waals surface area contributed by atoms with Crippen LogP contribution in [0.25, 0.3) is 11.3 Å². The van der Waals surface area contributed by atoms with Crippen LogP contribution in [0.4, 0.5) is 5.69 Å². The Morgan fingerprint density at radius 2 is 1.77 bits per heavy atom. The molecule has 0 bridgehead atoms. The first-order chi connectivity index (χ1) is 12.7. The summed E-state index contributed by atoms with van der Waals surface area (Å²) in [5.74, 6) is 1.24. The molecular formula is C21H20N2O3. The Kier molecular flexibility index (Phi) is 5.49. The number of nitrogens with one attached hydrogen (secondary N) is 2. The van der Waals surface area contributed by atoms with Gasteiger partial charge in [-0.2, -0.15) is 0 Å². The molecule has 0 saturated carbocycles. The molecule has 0 fully saturated rings. The van der Waals surface area contributed by atoms with Crippen molar-refractivity contribution in [3.05, 3.63) is 78.1 Å². The van der Waals surface area contributed by atoms with E-state index in [1.54, 1.807) is 31.3 Å². The van der Waals surface area contributed by atoms with Gasteiger partial charge in [-0.15, -0.1) is 0 Å². The number of anilines is 1. The van der Waals surface area contributed by atoms with Gasteiger partial charge >= 0.3 is 0 Å². The maximum Gasteiger partial charge on any atom is 0.251 e. The van der Waals surface area contributed by atoms with Crippen LogP contribution < -0.4 is 10.6 Å². The molecule has 0 saturated heterocycles. The SMILES string of the molecule is CNC(=O)c1cccc(NC(=O)CCc2ccc(-c3ccccc3)o2)c1. The molecule has 5 heteroatoms. The van der Waals surface area contributed by atoms with Crippen LogP contribution in [0.1, 0.15) is 22.5 Å². The number of rotatable bonds is 6. The Morgan fingerprint density at radius 1 is 0.962 bits per heavy atom. The van der Waals surface area contributed by atoms with Gasteiger partial charge in [0.25, 0.3) is 5.91 Å². The zero-order chi connectivity index (χ0) is 18.4. The molecule has 0 spiro atoms. The molecule has 2 amide bonds. The van der Waals surface area contributed by atoms with Gasteiger partial charge in [0.15, 0.2) is 0 Å². The van der Waals surface area contributed by atoms with E-state index in [1.165, 1.54) is 0 Å². The van der Waals surface area contributed by atoms with Crippen LogP contribution in [0.15, 0.2) is 71.1 Å². The van der Waals surface area contributed by atoms with Crippen LogP contribution in [-0.2, 0) is 11.2 Å². The quantitative estimate of drug-likeness (QED) is 0.710. The summed E-state index contributed by atoms with van der Waals surface area (Å²) in [6.07, 6.45) is 0.805. The van der Waals surface area contributed by atoms with Crippen molar-refractivity contribution in [3.63, 3.8) is 0 Å². The van der Waals surface area contributed by atoms with Crippen molar-refractivity contribution in [2.24, 2.45) is 0 Å². The van der Waals surface area contributed by atoms with Crippen LogP contribution in [0.5, 0.6) is 0 Å². The minimum atomic E-state index is -0.190. The van der Waals surface area contributed by atoms with E-state index in [2.05, 4.69) is 10.6 Å². The molecule has 0 unspecified atom stereocenters. The highest BCUT2D eigenvalue weighted by molar-refractivity contribution is 5.97. The Hall–Kier alpha value is -3.34. The third kappa shape index (κ3) is 4.39. The van der Waals surface area contributed by atoms with E-state index in [0.717, 1.165) is 17.1 Å². The molecule has 0 aliphatic heterocycles. The summed E-state index contributed by atoms with van der Waals surface area (Å²) in [4.78, 5) is 23.8. The fraction of sp³-hybridized carbons (Fsp3) is 0.143. The average molecular weight is 348 g/mol. The maximum absolute atomic E-state index is 12.2. The highest BCUT2D eigenvalue weighted by atomic mass is 16.3. The van der Waals surface area contributed by atoms with Gasteiger partial charge in [-0.05, 0) is 30.3 Å². The van der Waals surface area contributed by atoms with Gasteiger partial charge in [0.2, 0.25) is 5.91 Å². The van der Waals surface area contributed by atoms with Crippen molar-refractivity contribution < 1.29 is 14.0 Å². The highest BCUT2D eigenvalue weighted by Gasteiger charge is 2.09. The summed E-state index contributed by atoms with van der Waals surface area (Å²) in [6, 6.07) is 20.5. The van der Waals surface area contributed by atoms with Gasteiger partial charge in [0, 0.05) is 36.7 Å². The lowest BCUT2D eigenvalue weighted by Gasteiger charge is -2.06. The second kappa shape index (κ2) is 8.16. The lowest BCUT2D eigenvalue weighted by atomic mass is 10.1. The van der Waals surface area contributed by atoms with Crippen molar-refractivity contribution >= 4 is 17.5 Å². The van der Waals surface area contributed by atoms with E-state index in [1.807, 2.05) is 42.5 Å². The molecule has 0 aliphatic carbocycles. The number of amides is 2. The van der Waals surface area contributed by atoms with Crippen molar-refractivity contribution in [1.82, 2.24) is 5.32 Å². The largest absolute Gasteiger partial charge is 0.461 e. The first-order valence-electron chi connectivity index (χ1n) is 8.42. The number of hydrogen-bond donors (Lipinski definition) is 2. The van der Waals surface area contributed by atoms with Gasteiger partial charge in [-0.25, -0.2) is 0 Å². The maximum atomic E-state index is 12.2. The second-order valence-corrected chi connectivity index (χ2v) is 5.84. The monoisotopic (exact) mass is 348 g/mol. The number of benzene rings is 2.